The fourth-order valence-electron chi connectivity index (χ4n) is 1.83. The number of nitrogens with zero attached hydrogens (tertiary/aromatic N) is 1. The smallest absolute Gasteiger partial charge is 0.191 e. The third-order valence-corrected chi connectivity index (χ3v) is 3.63. The molecule has 1 aromatic rings. The van der Waals surface area contributed by atoms with Crippen LogP contribution in [-0.4, -0.2) is 38.7 Å². The lowest BCUT2D eigenvalue weighted by Gasteiger charge is -2.13. The predicted octanol–water partition coefficient (Wildman–Crippen LogP) is 3.12. The fourth-order valence-corrected chi connectivity index (χ4v) is 2.32. The molecule has 0 saturated heterocycles. The van der Waals surface area contributed by atoms with E-state index in [4.69, 9.17) is 4.74 Å². The number of rotatable bonds is 8. The first-order valence-electron chi connectivity index (χ1n) is 6.87. The number of benzene rings is 1. The lowest BCUT2D eigenvalue weighted by atomic mass is 10.2. The minimum atomic E-state index is 0. The van der Waals surface area contributed by atoms with E-state index in [1.54, 1.807) is 14.2 Å². The van der Waals surface area contributed by atoms with Gasteiger partial charge in [-0.25, -0.2) is 0 Å². The van der Waals surface area contributed by atoms with Gasteiger partial charge < -0.3 is 15.4 Å². The highest BCUT2D eigenvalue weighted by Crippen LogP contribution is 2.16. The highest BCUT2D eigenvalue weighted by atomic mass is 127. The van der Waals surface area contributed by atoms with E-state index in [0.29, 0.717) is 6.54 Å². The molecule has 0 radical (unpaired) electrons. The molecule has 0 aromatic heterocycles. The second kappa shape index (κ2) is 13.1. The van der Waals surface area contributed by atoms with Gasteiger partial charge in [-0.15, -0.1) is 24.0 Å². The Morgan fingerprint density at radius 1 is 1.24 bits per heavy atom. The van der Waals surface area contributed by atoms with E-state index < -0.39 is 0 Å². The first kappa shape index (κ1) is 20.4. The summed E-state index contributed by atoms with van der Waals surface area (Å²) in [6, 6.07) is 8.01. The lowest BCUT2D eigenvalue weighted by Crippen LogP contribution is -2.37. The van der Waals surface area contributed by atoms with Gasteiger partial charge in [0.05, 0.1) is 7.11 Å². The Bertz CT molecular complexity index is 416. The van der Waals surface area contributed by atoms with Gasteiger partial charge in [-0.3, -0.25) is 4.99 Å². The van der Waals surface area contributed by atoms with Crippen LogP contribution in [0.2, 0.25) is 0 Å². The number of thioether (sulfide) groups is 1. The van der Waals surface area contributed by atoms with Gasteiger partial charge in [0.2, 0.25) is 0 Å². The topological polar surface area (TPSA) is 45.7 Å². The van der Waals surface area contributed by atoms with Crippen molar-refractivity contribution < 1.29 is 4.74 Å². The van der Waals surface area contributed by atoms with Crippen molar-refractivity contribution in [3.05, 3.63) is 29.8 Å². The summed E-state index contributed by atoms with van der Waals surface area (Å²) in [7, 11) is 3.48. The van der Waals surface area contributed by atoms with Crippen molar-refractivity contribution in [3.63, 3.8) is 0 Å². The maximum atomic E-state index is 5.33. The van der Waals surface area contributed by atoms with Crippen LogP contribution in [0, 0.1) is 0 Å². The molecular formula is C15H26IN3OS. The van der Waals surface area contributed by atoms with Crippen LogP contribution in [0.25, 0.3) is 0 Å². The fraction of sp³-hybridized carbons (Fsp3) is 0.533. The Balaban J connectivity index is 0.00000400. The van der Waals surface area contributed by atoms with Gasteiger partial charge in [-0.1, -0.05) is 18.2 Å². The molecule has 0 atom stereocenters. The van der Waals surface area contributed by atoms with Gasteiger partial charge in [-0.05, 0) is 30.9 Å². The minimum absolute atomic E-state index is 0. The largest absolute Gasteiger partial charge is 0.496 e. The number of nitrogens with one attached hydrogen (secondary N) is 2. The molecule has 0 heterocycles. The molecule has 0 aliphatic rings. The van der Waals surface area contributed by atoms with E-state index in [0.717, 1.165) is 30.2 Å². The molecule has 0 bridgehead atoms. The van der Waals surface area contributed by atoms with Gasteiger partial charge >= 0.3 is 0 Å². The Morgan fingerprint density at radius 2 is 2.00 bits per heavy atom. The van der Waals surface area contributed by atoms with Crippen LogP contribution in [0.5, 0.6) is 5.75 Å². The molecule has 0 aliphatic heterocycles. The molecule has 0 saturated carbocycles. The Morgan fingerprint density at radius 3 is 2.67 bits per heavy atom. The number of methoxy groups -OCH3 is 1. The summed E-state index contributed by atoms with van der Waals surface area (Å²) >= 11 is 1.89. The van der Waals surface area contributed by atoms with Crippen LogP contribution in [0.15, 0.2) is 29.3 Å². The van der Waals surface area contributed by atoms with Crippen LogP contribution in [-0.2, 0) is 6.54 Å². The molecule has 0 unspecified atom stereocenters. The Labute approximate surface area is 149 Å². The monoisotopic (exact) mass is 423 g/mol. The summed E-state index contributed by atoms with van der Waals surface area (Å²) in [5.41, 5.74) is 1.13. The second-order valence-electron chi connectivity index (χ2n) is 4.36. The van der Waals surface area contributed by atoms with E-state index in [2.05, 4.69) is 27.9 Å². The summed E-state index contributed by atoms with van der Waals surface area (Å²) in [5.74, 6) is 2.95. The highest BCUT2D eigenvalue weighted by molar-refractivity contribution is 14.0. The first-order chi connectivity index (χ1) is 9.81. The zero-order valence-electron chi connectivity index (χ0n) is 13.0. The molecule has 1 rings (SSSR count). The number of hydrogen-bond acceptors (Lipinski definition) is 3. The third kappa shape index (κ3) is 8.40. The van der Waals surface area contributed by atoms with Gasteiger partial charge in [-0.2, -0.15) is 11.8 Å². The van der Waals surface area contributed by atoms with Crippen LogP contribution in [0.1, 0.15) is 18.4 Å². The standard InChI is InChI=1S/C15H25N3OS.HI/c1-16-15(17-10-6-7-11-20-3)18-12-13-8-4-5-9-14(13)19-2;/h4-5,8-9H,6-7,10-12H2,1-3H3,(H2,16,17,18);1H. The number of para-hydroxylation sites is 1. The summed E-state index contributed by atoms with van der Waals surface area (Å²) in [5, 5.41) is 6.63. The molecule has 0 aliphatic carbocycles. The van der Waals surface area contributed by atoms with Gasteiger partial charge in [0.15, 0.2) is 5.96 Å². The van der Waals surface area contributed by atoms with Crippen molar-refractivity contribution in [2.45, 2.75) is 19.4 Å². The predicted molar refractivity (Wildman–Crippen MR) is 104 cm³/mol. The van der Waals surface area contributed by atoms with Crippen molar-refractivity contribution in [2.75, 3.05) is 32.7 Å². The van der Waals surface area contributed by atoms with Crippen LogP contribution in [0.4, 0.5) is 0 Å². The highest BCUT2D eigenvalue weighted by Gasteiger charge is 2.02. The van der Waals surface area contributed by atoms with Crippen molar-refractivity contribution in [1.29, 1.82) is 0 Å². The third-order valence-electron chi connectivity index (χ3n) is 2.93. The van der Waals surface area contributed by atoms with Crippen LogP contribution >= 0.6 is 35.7 Å². The second-order valence-corrected chi connectivity index (χ2v) is 5.35. The maximum Gasteiger partial charge on any atom is 0.191 e. The molecule has 6 heteroatoms. The molecule has 1 aromatic carbocycles. The maximum absolute atomic E-state index is 5.33. The number of hydrogen-bond donors (Lipinski definition) is 2. The van der Waals surface area contributed by atoms with E-state index in [1.165, 1.54) is 12.2 Å². The molecule has 0 spiro atoms. The van der Waals surface area contributed by atoms with E-state index >= 15 is 0 Å². The van der Waals surface area contributed by atoms with E-state index in [-0.39, 0.29) is 24.0 Å². The molecule has 0 fully saturated rings. The number of halogens is 1. The van der Waals surface area contributed by atoms with Crippen molar-refractivity contribution >= 4 is 41.7 Å². The molecule has 120 valence electrons. The van der Waals surface area contributed by atoms with E-state index in [1.807, 2.05) is 30.0 Å². The summed E-state index contributed by atoms with van der Waals surface area (Å²) in [6.45, 7) is 1.65. The van der Waals surface area contributed by atoms with Gasteiger partial charge in [0, 0.05) is 25.7 Å². The number of ether oxygens (including phenoxy) is 1. The minimum Gasteiger partial charge on any atom is -0.496 e. The van der Waals surface area contributed by atoms with Gasteiger partial charge in [0.25, 0.3) is 0 Å². The summed E-state index contributed by atoms with van der Waals surface area (Å²) in [4.78, 5) is 4.22. The molecule has 2 N–H and O–H groups in total. The van der Waals surface area contributed by atoms with Crippen molar-refractivity contribution in [1.82, 2.24) is 10.6 Å². The van der Waals surface area contributed by atoms with E-state index in [9.17, 15) is 0 Å². The number of unbranched alkanes of at least 4 members (excludes halogenated alkanes) is 1. The van der Waals surface area contributed by atoms with Crippen molar-refractivity contribution in [3.8, 4) is 5.75 Å². The summed E-state index contributed by atoms with van der Waals surface area (Å²) < 4.78 is 5.33. The van der Waals surface area contributed by atoms with Crippen LogP contribution < -0.4 is 15.4 Å². The molecule has 0 amide bonds. The number of aliphatic imine (C=N–C) groups is 1. The normalized spacial score (nSPS) is 10.7. The SMILES string of the molecule is CN=C(NCCCCSC)NCc1ccccc1OC.I. The quantitative estimate of drug-likeness (QED) is 0.292. The van der Waals surface area contributed by atoms with Crippen LogP contribution in [0.3, 0.4) is 0 Å². The van der Waals surface area contributed by atoms with Gasteiger partial charge in [0.1, 0.15) is 5.75 Å². The molecule has 21 heavy (non-hydrogen) atoms. The Hall–Kier alpha value is -0.630. The average Bonchev–Trinajstić information content (AvgIpc) is 2.50. The lowest BCUT2D eigenvalue weighted by molar-refractivity contribution is 0.409. The summed E-state index contributed by atoms with van der Waals surface area (Å²) in [6.07, 6.45) is 4.54. The van der Waals surface area contributed by atoms with Crippen molar-refractivity contribution in [2.24, 2.45) is 4.99 Å². The number of guanidine groups is 1. The molecular weight excluding hydrogens is 397 g/mol. The zero-order chi connectivity index (χ0) is 14.6. The first-order valence-corrected chi connectivity index (χ1v) is 8.26. The molecule has 4 nitrogen and oxygen atoms in total. The Kier molecular flexibility index (Phi) is 12.7. The average molecular weight is 423 g/mol. The zero-order valence-corrected chi connectivity index (χ0v) is 16.2.